The van der Waals surface area contributed by atoms with Crippen LogP contribution in [0.25, 0.3) is 12.2 Å². The molecule has 2 aromatic rings. The molecule has 0 unspecified atom stereocenters. The molecule has 102 valence electrons. The molecule has 0 spiro atoms. The first-order valence-electron chi connectivity index (χ1n) is 6.83. The van der Waals surface area contributed by atoms with Crippen molar-refractivity contribution in [1.29, 1.82) is 0 Å². The second kappa shape index (κ2) is 6.06. The van der Waals surface area contributed by atoms with Crippen LogP contribution in [0, 0.1) is 0 Å². The van der Waals surface area contributed by atoms with Gasteiger partial charge >= 0.3 is 0 Å². The molecular weight excluding hydrogens is 270 g/mol. The third-order valence-electron chi connectivity index (χ3n) is 3.35. The molecule has 0 radical (unpaired) electrons. The highest BCUT2D eigenvalue weighted by Crippen LogP contribution is 2.17. The van der Waals surface area contributed by atoms with E-state index in [0.717, 1.165) is 35.3 Å². The van der Waals surface area contributed by atoms with Gasteiger partial charge in [0.05, 0.1) is 5.69 Å². The van der Waals surface area contributed by atoms with Crippen molar-refractivity contribution in [2.75, 3.05) is 18.0 Å². The molecule has 1 saturated heterocycles. The van der Waals surface area contributed by atoms with E-state index in [1.54, 1.807) is 0 Å². The van der Waals surface area contributed by atoms with Crippen LogP contribution in [-0.4, -0.2) is 23.1 Å². The maximum absolute atomic E-state index is 5.97. The summed E-state index contributed by atoms with van der Waals surface area (Å²) in [7, 11) is 0. The Morgan fingerprint density at radius 2 is 1.95 bits per heavy atom. The molecule has 0 atom stereocenters. The van der Waals surface area contributed by atoms with Crippen molar-refractivity contribution in [2.45, 2.75) is 12.8 Å². The van der Waals surface area contributed by atoms with Crippen molar-refractivity contribution in [2.24, 2.45) is 0 Å². The lowest BCUT2D eigenvalue weighted by molar-refractivity contribution is 0.896. The van der Waals surface area contributed by atoms with E-state index in [4.69, 9.17) is 11.6 Å². The number of halogens is 1. The normalized spacial score (nSPS) is 15.2. The summed E-state index contributed by atoms with van der Waals surface area (Å²) in [6.45, 7) is 2.11. The fraction of sp³-hybridized carbons (Fsp3) is 0.250. The van der Waals surface area contributed by atoms with Gasteiger partial charge in [-0.25, -0.2) is 9.97 Å². The molecule has 1 aliphatic heterocycles. The highest BCUT2D eigenvalue weighted by molar-refractivity contribution is 6.30. The van der Waals surface area contributed by atoms with Gasteiger partial charge < -0.3 is 4.90 Å². The number of aromatic nitrogens is 2. The van der Waals surface area contributed by atoms with E-state index in [9.17, 15) is 0 Å². The molecule has 1 aromatic carbocycles. The maximum atomic E-state index is 5.97. The zero-order valence-corrected chi connectivity index (χ0v) is 11.9. The summed E-state index contributed by atoms with van der Waals surface area (Å²) in [4.78, 5) is 11.2. The van der Waals surface area contributed by atoms with Crippen molar-refractivity contribution in [3.8, 4) is 0 Å². The van der Waals surface area contributed by atoms with Crippen LogP contribution in [-0.2, 0) is 0 Å². The van der Waals surface area contributed by atoms with E-state index in [1.165, 1.54) is 12.8 Å². The predicted octanol–water partition coefficient (Wildman–Crippen LogP) is 3.90. The first-order valence-corrected chi connectivity index (χ1v) is 7.21. The number of benzene rings is 1. The number of anilines is 1. The Labute approximate surface area is 123 Å². The average Bonchev–Trinajstić information content (AvgIpc) is 3.00. The van der Waals surface area contributed by atoms with Gasteiger partial charge in [0.2, 0.25) is 5.95 Å². The minimum atomic E-state index is 0.743. The summed E-state index contributed by atoms with van der Waals surface area (Å²) in [6, 6.07) is 9.68. The lowest BCUT2D eigenvalue weighted by atomic mass is 10.2. The maximum Gasteiger partial charge on any atom is 0.225 e. The third-order valence-corrected chi connectivity index (χ3v) is 3.58. The molecule has 0 bridgehead atoms. The van der Waals surface area contributed by atoms with E-state index in [2.05, 4.69) is 14.9 Å². The van der Waals surface area contributed by atoms with Crippen LogP contribution < -0.4 is 4.90 Å². The summed E-state index contributed by atoms with van der Waals surface area (Å²) < 4.78 is 0. The second-order valence-corrected chi connectivity index (χ2v) is 5.30. The number of hydrogen-bond acceptors (Lipinski definition) is 3. The fourth-order valence-electron chi connectivity index (χ4n) is 2.32. The van der Waals surface area contributed by atoms with E-state index < -0.39 is 0 Å². The molecule has 0 saturated carbocycles. The molecule has 2 heterocycles. The Morgan fingerprint density at radius 3 is 2.75 bits per heavy atom. The zero-order valence-electron chi connectivity index (χ0n) is 11.2. The Balaban J connectivity index is 1.78. The SMILES string of the molecule is Clc1cccc(/C=C/c2ccnc(N3CCCC3)n2)c1. The fourth-order valence-corrected chi connectivity index (χ4v) is 2.51. The monoisotopic (exact) mass is 285 g/mol. The summed E-state index contributed by atoms with van der Waals surface area (Å²) in [5.74, 6) is 0.829. The molecule has 3 rings (SSSR count). The van der Waals surface area contributed by atoms with Crippen molar-refractivity contribution >= 4 is 29.7 Å². The first-order chi connectivity index (χ1) is 9.81. The molecule has 3 nitrogen and oxygen atoms in total. The van der Waals surface area contributed by atoms with Crippen molar-refractivity contribution in [3.05, 3.63) is 52.8 Å². The minimum absolute atomic E-state index is 0.743. The first kappa shape index (κ1) is 13.1. The highest BCUT2D eigenvalue weighted by Gasteiger charge is 2.14. The van der Waals surface area contributed by atoms with Gasteiger partial charge in [-0.1, -0.05) is 29.8 Å². The topological polar surface area (TPSA) is 29.0 Å². The van der Waals surface area contributed by atoms with Crippen LogP contribution in [0.15, 0.2) is 36.5 Å². The summed E-state index contributed by atoms with van der Waals surface area (Å²) in [5, 5.41) is 0.743. The molecule has 1 aromatic heterocycles. The standard InChI is InChI=1S/C16H16ClN3/c17-14-5-3-4-13(12-14)6-7-15-8-9-18-16(19-15)20-10-1-2-11-20/h3-9,12H,1-2,10-11H2/b7-6+. The Kier molecular flexibility index (Phi) is 3.97. The van der Waals surface area contributed by atoms with Gasteiger partial charge in [0.25, 0.3) is 0 Å². The Morgan fingerprint density at radius 1 is 1.10 bits per heavy atom. The largest absolute Gasteiger partial charge is 0.341 e. The summed E-state index contributed by atoms with van der Waals surface area (Å²) in [5.41, 5.74) is 1.99. The van der Waals surface area contributed by atoms with Gasteiger partial charge in [-0.15, -0.1) is 0 Å². The van der Waals surface area contributed by atoms with Gasteiger partial charge in [-0.05, 0) is 42.7 Å². The zero-order chi connectivity index (χ0) is 13.8. The number of nitrogens with zero attached hydrogens (tertiary/aromatic N) is 3. The lowest BCUT2D eigenvalue weighted by Crippen LogP contribution is -2.20. The van der Waals surface area contributed by atoms with E-state index in [1.807, 2.05) is 48.7 Å². The number of hydrogen-bond donors (Lipinski definition) is 0. The van der Waals surface area contributed by atoms with Crippen LogP contribution in [0.4, 0.5) is 5.95 Å². The smallest absolute Gasteiger partial charge is 0.225 e. The van der Waals surface area contributed by atoms with Gasteiger partial charge in [0, 0.05) is 24.3 Å². The average molecular weight is 286 g/mol. The van der Waals surface area contributed by atoms with Gasteiger partial charge in [0.15, 0.2) is 0 Å². The Hall–Kier alpha value is -1.87. The Bertz CT molecular complexity index is 619. The second-order valence-electron chi connectivity index (χ2n) is 4.86. The van der Waals surface area contributed by atoms with Gasteiger partial charge in [0.1, 0.15) is 0 Å². The molecule has 0 amide bonds. The van der Waals surface area contributed by atoms with Crippen LogP contribution in [0.1, 0.15) is 24.1 Å². The molecular formula is C16H16ClN3. The molecule has 0 N–H and O–H groups in total. The summed E-state index contributed by atoms with van der Waals surface area (Å²) >= 11 is 5.97. The molecule has 20 heavy (non-hydrogen) atoms. The predicted molar refractivity (Wildman–Crippen MR) is 83.9 cm³/mol. The molecule has 1 aliphatic rings. The van der Waals surface area contributed by atoms with Crippen molar-refractivity contribution in [1.82, 2.24) is 9.97 Å². The molecule has 0 aliphatic carbocycles. The van der Waals surface area contributed by atoms with Gasteiger partial charge in [-0.3, -0.25) is 0 Å². The van der Waals surface area contributed by atoms with E-state index in [0.29, 0.717) is 0 Å². The molecule has 4 heteroatoms. The van der Waals surface area contributed by atoms with Crippen molar-refractivity contribution in [3.63, 3.8) is 0 Å². The van der Waals surface area contributed by atoms with E-state index >= 15 is 0 Å². The minimum Gasteiger partial charge on any atom is -0.341 e. The van der Waals surface area contributed by atoms with Crippen LogP contribution >= 0.6 is 11.6 Å². The lowest BCUT2D eigenvalue weighted by Gasteiger charge is -2.14. The van der Waals surface area contributed by atoms with Crippen LogP contribution in [0.2, 0.25) is 5.02 Å². The molecule has 1 fully saturated rings. The van der Waals surface area contributed by atoms with Crippen LogP contribution in [0.3, 0.4) is 0 Å². The van der Waals surface area contributed by atoms with E-state index in [-0.39, 0.29) is 0 Å². The summed E-state index contributed by atoms with van der Waals surface area (Å²) in [6.07, 6.45) is 8.28. The quantitative estimate of drug-likeness (QED) is 0.856. The van der Waals surface area contributed by atoms with Crippen LogP contribution in [0.5, 0.6) is 0 Å². The highest BCUT2D eigenvalue weighted by atomic mass is 35.5. The third kappa shape index (κ3) is 3.17. The van der Waals surface area contributed by atoms with Gasteiger partial charge in [-0.2, -0.15) is 0 Å². The number of rotatable bonds is 3. The van der Waals surface area contributed by atoms with Crippen molar-refractivity contribution < 1.29 is 0 Å².